The number of carbonyl (C=O) groups excluding carboxylic acids is 2. The Morgan fingerprint density at radius 2 is 1.50 bits per heavy atom. The van der Waals surface area contributed by atoms with Crippen LogP contribution in [-0.4, -0.2) is 37.6 Å². The number of nitrogens with one attached hydrogen (secondary N) is 1. The molecule has 0 heterocycles. The van der Waals surface area contributed by atoms with Gasteiger partial charge in [-0.05, 0) is 43.0 Å². The number of halogens is 3. The van der Waals surface area contributed by atoms with E-state index in [4.69, 9.17) is 4.74 Å². The number of fused-ring (bicyclic) bond motifs is 1. The number of ether oxygens (including phenoxy) is 1. The zero-order valence-corrected chi connectivity index (χ0v) is 22.2. The minimum Gasteiger partial charge on any atom is -0.507 e. The number of carbonyl (C=O) groups is 2. The van der Waals surface area contributed by atoms with E-state index < -0.39 is 51.3 Å². The van der Waals surface area contributed by atoms with Crippen molar-refractivity contribution in [1.29, 1.82) is 0 Å². The van der Waals surface area contributed by atoms with Gasteiger partial charge in [0, 0.05) is 16.3 Å². The van der Waals surface area contributed by atoms with Gasteiger partial charge in [0.05, 0.1) is 16.7 Å². The van der Waals surface area contributed by atoms with Gasteiger partial charge in [0.2, 0.25) is 0 Å². The summed E-state index contributed by atoms with van der Waals surface area (Å²) in [6.45, 7) is 8.65. The first-order valence-corrected chi connectivity index (χ1v) is 13.1. The molecule has 11 heteroatoms. The molecular formula is C27H28F3NO6S. The van der Waals surface area contributed by atoms with Crippen molar-refractivity contribution >= 4 is 38.2 Å². The van der Waals surface area contributed by atoms with Crippen molar-refractivity contribution < 1.29 is 41.0 Å². The summed E-state index contributed by atoms with van der Waals surface area (Å²) in [6, 6.07) is 12.7. The molecule has 204 valence electrons. The quantitative estimate of drug-likeness (QED) is 0.218. The number of alkyl halides is 3. The summed E-state index contributed by atoms with van der Waals surface area (Å²) < 4.78 is 74.1. The fourth-order valence-corrected chi connectivity index (χ4v) is 4.93. The Morgan fingerprint density at radius 1 is 0.947 bits per heavy atom. The number of hydrogen-bond acceptors (Lipinski definition) is 6. The fourth-order valence-electron chi connectivity index (χ4n) is 3.86. The summed E-state index contributed by atoms with van der Waals surface area (Å²) in [5.41, 5.74) is -0.323. The number of sulfonamides is 1. The molecule has 38 heavy (non-hydrogen) atoms. The summed E-state index contributed by atoms with van der Waals surface area (Å²) in [5.74, 6) is -7.34. The zero-order valence-electron chi connectivity index (χ0n) is 21.4. The number of anilines is 1. The molecule has 0 bridgehead atoms. The molecule has 0 spiro atoms. The van der Waals surface area contributed by atoms with Gasteiger partial charge in [-0.25, -0.2) is 8.42 Å². The molecule has 0 radical (unpaired) electrons. The Labute approximate surface area is 218 Å². The Kier molecular flexibility index (Phi) is 7.84. The van der Waals surface area contributed by atoms with E-state index in [1.807, 2.05) is 20.8 Å². The van der Waals surface area contributed by atoms with Gasteiger partial charge in [-0.3, -0.25) is 14.3 Å². The van der Waals surface area contributed by atoms with E-state index in [0.717, 1.165) is 11.6 Å². The van der Waals surface area contributed by atoms with E-state index in [1.54, 1.807) is 12.1 Å². The van der Waals surface area contributed by atoms with Crippen LogP contribution in [0.5, 0.6) is 5.75 Å². The lowest BCUT2D eigenvalue weighted by Gasteiger charge is -2.22. The molecule has 0 fully saturated rings. The van der Waals surface area contributed by atoms with Gasteiger partial charge < -0.3 is 9.84 Å². The Balaban J connectivity index is 2.20. The molecule has 0 aliphatic carbocycles. The number of ketones is 1. The lowest BCUT2D eigenvalue weighted by Crippen LogP contribution is -2.35. The van der Waals surface area contributed by atoms with E-state index in [9.17, 15) is 36.3 Å². The fraction of sp³-hybridized carbons (Fsp3) is 0.333. The van der Waals surface area contributed by atoms with Gasteiger partial charge in [-0.15, -0.1) is 0 Å². The summed E-state index contributed by atoms with van der Waals surface area (Å²) in [7, 11) is -4.27. The smallest absolute Gasteiger partial charge is 0.451 e. The van der Waals surface area contributed by atoms with Gasteiger partial charge in [0.25, 0.3) is 15.8 Å². The number of rotatable bonds is 7. The predicted molar refractivity (Wildman–Crippen MR) is 137 cm³/mol. The standard InChI is InChI=1S/C27H28F3NO6S/c1-15(2)37-25(34)22(24(33)27(28,29)30)20-14-21(18-8-6-7-9-19(18)23(20)32)31-38(35,36)17-12-10-16(11-13-17)26(3,4)5/h6-15,22,31-32H,1-5H3. The number of benzene rings is 3. The minimum absolute atomic E-state index is 0.0666. The normalized spacial score (nSPS) is 13.4. The molecule has 0 saturated heterocycles. The van der Waals surface area contributed by atoms with Gasteiger partial charge in [0.1, 0.15) is 5.75 Å². The Hall–Kier alpha value is -3.60. The Bertz CT molecular complexity index is 1470. The number of aromatic hydroxyl groups is 1. The summed E-state index contributed by atoms with van der Waals surface area (Å²) in [6.07, 6.45) is -6.30. The summed E-state index contributed by atoms with van der Waals surface area (Å²) in [4.78, 5) is 24.9. The first-order valence-electron chi connectivity index (χ1n) is 11.6. The maximum Gasteiger partial charge on any atom is 0.451 e. The molecule has 0 aliphatic heterocycles. The van der Waals surface area contributed by atoms with Crippen molar-refractivity contribution in [1.82, 2.24) is 0 Å². The maximum absolute atomic E-state index is 13.5. The van der Waals surface area contributed by atoms with Crippen LogP contribution in [0.2, 0.25) is 0 Å². The van der Waals surface area contributed by atoms with E-state index in [0.29, 0.717) is 0 Å². The van der Waals surface area contributed by atoms with E-state index in [2.05, 4.69) is 4.72 Å². The molecule has 0 aromatic heterocycles. The first kappa shape index (κ1) is 29.0. The Morgan fingerprint density at radius 3 is 2.00 bits per heavy atom. The molecule has 3 aromatic carbocycles. The second kappa shape index (κ2) is 10.3. The maximum atomic E-state index is 13.5. The van der Waals surface area contributed by atoms with Crippen molar-refractivity contribution in [2.24, 2.45) is 0 Å². The van der Waals surface area contributed by atoms with Gasteiger partial charge >= 0.3 is 12.1 Å². The van der Waals surface area contributed by atoms with Crippen LogP contribution in [0.1, 0.15) is 51.7 Å². The highest BCUT2D eigenvalue weighted by molar-refractivity contribution is 7.92. The third-order valence-electron chi connectivity index (χ3n) is 5.76. The van der Waals surface area contributed by atoms with Crippen LogP contribution in [0.4, 0.5) is 18.9 Å². The summed E-state index contributed by atoms with van der Waals surface area (Å²) in [5, 5.41) is 10.9. The number of phenolic OH excluding ortho intramolecular Hbond substituents is 1. The van der Waals surface area contributed by atoms with Crippen LogP contribution in [0.3, 0.4) is 0 Å². The highest BCUT2D eigenvalue weighted by Crippen LogP contribution is 2.41. The van der Waals surface area contributed by atoms with E-state index >= 15 is 0 Å². The van der Waals surface area contributed by atoms with Crippen molar-refractivity contribution in [3.8, 4) is 5.75 Å². The zero-order chi connectivity index (χ0) is 28.6. The topological polar surface area (TPSA) is 110 Å². The number of Topliss-reactive ketones (excluding diaryl/α,β-unsaturated/α-hetero) is 1. The average Bonchev–Trinajstić information content (AvgIpc) is 2.80. The van der Waals surface area contributed by atoms with Crippen molar-refractivity contribution in [3.05, 3.63) is 65.7 Å². The average molecular weight is 552 g/mol. The van der Waals surface area contributed by atoms with Crippen LogP contribution >= 0.6 is 0 Å². The highest BCUT2D eigenvalue weighted by atomic mass is 32.2. The van der Waals surface area contributed by atoms with Crippen molar-refractivity contribution in [3.63, 3.8) is 0 Å². The second-order valence-corrected chi connectivity index (χ2v) is 11.8. The van der Waals surface area contributed by atoms with Crippen LogP contribution in [0.15, 0.2) is 59.5 Å². The molecule has 2 N–H and O–H groups in total. The molecular weight excluding hydrogens is 523 g/mol. The van der Waals surface area contributed by atoms with Gasteiger partial charge in [-0.2, -0.15) is 13.2 Å². The van der Waals surface area contributed by atoms with Crippen LogP contribution < -0.4 is 4.72 Å². The lowest BCUT2D eigenvalue weighted by atomic mass is 9.87. The molecule has 3 rings (SSSR count). The van der Waals surface area contributed by atoms with Crippen LogP contribution in [0, 0.1) is 0 Å². The predicted octanol–water partition coefficient (Wildman–Crippen LogP) is 5.81. The van der Waals surface area contributed by atoms with Crippen LogP contribution in [-0.2, 0) is 29.8 Å². The lowest BCUT2D eigenvalue weighted by molar-refractivity contribution is -0.178. The monoisotopic (exact) mass is 551 g/mol. The molecule has 0 saturated carbocycles. The molecule has 1 atom stereocenters. The molecule has 1 unspecified atom stereocenters. The number of hydrogen-bond donors (Lipinski definition) is 2. The third-order valence-corrected chi connectivity index (χ3v) is 7.14. The van der Waals surface area contributed by atoms with Crippen LogP contribution in [0.25, 0.3) is 10.8 Å². The second-order valence-electron chi connectivity index (χ2n) is 10.1. The number of esters is 1. The third kappa shape index (κ3) is 6.09. The van der Waals surface area contributed by atoms with E-state index in [1.165, 1.54) is 50.2 Å². The van der Waals surface area contributed by atoms with Gasteiger partial charge in [-0.1, -0.05) is 57.2 Å². The first-order chi connectivity index (χ1) is 17.4. The molecule has 0 amide bonds. The van der Waals surface area contributed by atoms with Crippen molar-refractivity contribution in [2.45, 2.75) is 63.1 Å². The molecule has 0 aliphatic rings. The van der Waals surface area contributed by atoms with E-state index in [-0.39, 0.29) is 26.8 Å². The minimum atomic E-state index is -5.44. The number of phenols is 1. The van der Waals surface area contributed by atoms with Gasteiger partial charge in [0.15, 0.2) is 5.92 Å². The molecule has 7 nitrogen and oxygen atoms in total. The molecule has 3 aromatic rings. The SMILES string of the molecule is CC(C)OC(=O)C(C(=O)C(F)(F)F)c1cc(NS(=O)(=O)c2ccc(C(C)(C)C)cc2)c2ccccc2c1O. The highest BCUT2D eigenvalue weighted by Gasteiger charge is 2.49. The largest absolute Gasteiger partial charge is 0.507 e. The van der Waals surface area contributed by atoms with Crippen molar-refractivity contribution in [2.75, 3.05) is 4.72 Å². The summed E-state index contributed by atoms with van der Waals surface area (Å²) >= 11 is 0.